The van der Waals surface area contributed by atoms with Gasteiger partial charge in [0, 0.05) is 6.54 Å². The Labute approximate surface area is 158 Å². The number of nitrogens with zero attached hydrogens (tertiary/aromatic N) is 3. The van der Waals surface area contributed by atoms with E-state index in [0.717, 1.165) is 11.1 Å². The summed E-state index contributed by atoms with van der Waals surface area (Å²) >= 11 is 0. The molecule has 27 heavy (non-hydrogen) atoms. The standard InChI is InChI=1S/C20H20N4O2S/c1-4-22-20-19(23-16-7-5-6-8-17(16)24-20)18(12-21)27(25,26)15-10-9-13(2)14(3)11-15/h5-11,18H,4H2,1-3H3,(H,22,24). The van der Waals surface area contributed by atoms with Crippen molar-refractivity contribution >= 4 is 26.7 Å². The average molecular weight is 380 g/mol. The molecule has 0 bridgehead atoms. The Balaban J connectivity index is 2.21. The summed E-state index contributed by atoms with van der Waals surface area (Å²) < 4.78 is 26.4. The minimum atomic E-state index is -3.96. The smallest absolute Gasteiger partial charge is 0.200 e. The van der Waals surface area contributed by atoms with Crippen LogP contribution in [0.3, 0.4) is 0 Å². The fourth-order valence-corrected chi connectivity index (χ4v) is 4.27. The predicted molar refractivity (Wildman–Crippen MR) is 105 cm³/mol. The summed E-state index contributed by atoms with van der Waals surface area (Å²) in [7, 11) is -3.96. The molecule has 3 aromatic rings. The van der Waals surface area contributed by atoms with Crippen LogP contribution in [0.4, 0.5) is 5.82 Å². The van der Waals surface area contributed by atoms with E-state index in [0.29, 0.717) is 23.4 Å². The lowest BCUT2D eigenvalue weighted by Crippen LogP contribution is -2.17. The first kappa shape index (κ1) is 18.8. The number of hydrogen-bond donors (Lipinski definition) is 1. The van der Waals surface area contributed by atoms with Crippen LogP contribution in [0.5, 0.6) is 0 Å². The number of para-hydroxylation sites is 2. The third-order valence-corrected chi connectivity index (χ3v) is 6.28. The van der Waals surface area contributed by atoms with E-state index in [-0.39, 0.29) is 10.6 Å². The Morgan fingerprint density at radius 3 is 2.33 bits per heavy atom. The lowest BCUT2D eigenvalue weighted by Gasteiger charge is -2.16. The zero-order chi connectivity index (χ0) is 19.6. The van der Waals surface area contributed by atoms with Gasteiger partial charge < -0.3 is 5.32 Å². The zero-order valence-electron chi connectivity index (χ0n) is 15.4. The molecule has 138 valence electrons. The van der Waals surface area contributed by atoms with Gasteiger partial charge in [-0.3, -0.25) is 0 Å². The number of hydrogen-bond acceptors (Lipinski definition) is 6. The maximum Gasteiger partial charge on any atom is 0.200 e. The molecule has 6 nitrogen and oxygen atoms in total. The molecular formula is C20H20N4O2S. The SMILES string of the molecule is CCNc1nc2ccccc2nc1C(C#N)S(=O)(=O)c1ccc(C)c(C)c1. The molecule has 0 saturated carbocycles. The van der Waals surface area contributed by atoms with Gasteiger partial charge in [-0.25, -0.2) is 18.4 Å². The maximum absolute atomic E-state index is 13.2. The van der Waals surface area contributed by atoms with Crippen LogP contribution in [-0.4, -0.2) is 24.9 Å². The monoisotopic (exact) mass is 380 g/mol. The highest BCUT2D eigenvalue weighted by atomic mass is 32.2. The largest absolute Gasteiger partial charge is 0.369 e. The van der Waals surface area contributed by atoms with Crippen molar-refractivity contribution in [1.29, 1.82) is 5.26 Å². The summed E-state index contributed by atoms with van der Waals surface area (Å²) in [5.41, 5.74) is 3.14. The van der Waals surface area contributed by atoms with Gasteiger partial charge >= 0.3 is 0 Å². The van der Waals surface area contributed by atoms with Gasteiger partial charge in [-0.1, -0.05) is 18.2 Å². The molecule has 1 unspecified atom stereocenters. The van der Waals surface area contributed by atoms with E-state index in [1.54, 1.807) is 30.3 Å². The third-order valence-electron chi connectivity index (χ3n) is 4.42. The fourth-order valence-electron chi connectivity index (χ4n) is 2.80. The Hall–Kier alpha value is -2.98. The predicted octanol–water partition coefficient (Wildman–Crippen LogP) is 3.72. The van der Waals surface area contributed by atoms with Crippen LogP contribution in [0.25, 0.3) is 11.0 Å². The Kier molecular flexibility index (Phi) is 5.10. The van der Waals surface area contributed by atoms with E-state index in [1.807, 2.05) is 32.9 Å². The van der Waals surface area contributed by atoms with E-state index in [4.69, 9.17) is 0 Å². The van der Waals surface area contributed by atoms with Crippen LogP contribution in [0.1, 0.15) is 29.0 Å². The molecule has 0 radical (unpaired) electrons. The summed E-state index contributed by atoms with van der Waals surface area (Å²) in [5, 5.41) is 11.3. The van der Waals surface area contributed by atoms with Gasteiger partial charge in [0.25, 0.3) is 0 Å². The van der Waals surface area contributed by atoms with Crippen LogP contribution in [0.2, 0.25) is 0 Å². The second-order valence-corrected chi connectivity index (χ2v) is 8.31. The Bertz CT molecular complexity index is 1150. The Morgan fingerprint density at radius 2 is 1.74 bits per heavy atom. The highest BCUT2D eigenvalue weighted by Gasteiger charge is 2.33. The number of fused-ring (bicyclic) bond motifs is 1. The van der Waals surface area contributed by atoms with Crippen LogP contribution >= 0.6 is 0 Å². The number of aromatic nitrogens is 2. The summed E-state index contributed by atoms with van der Waals surface area (Å²) in [6, 6.07) is 14.0. The van der Waals surface area contributed by atoms with Crippen LogP contribution < -0.4 is 5.32 Å². The van der Waals surface area contributed by atoms with Crippen LogP contribution in [0.15, 0.2) is 47.4 Å². The first-order valence-corrected chi connectivity index (χ1v) is 10.1. The van der Waals surface area contributed by atoms with Gasteiger partial charge in [0.15, 0.2) is 11.1 Å². The molecule has 0 saturated heterocycles. The summed E-state index contributed by atoms with van der Waals surface area (Å²) in [4.78, 5) is 9.06. The third kappa shape index (κ3) is 3.49. The number of anilines is 1. The molecule has 1 aromatic heterocycles. The van der Waals surface area contributed by atoms with Gasteiger partial charge in [-0.05, 0) is 56.2 Å². The summed E-state index contributed by atoms with van der Waals surface area (Å²) in [6.07, 6.45) is 0. The number of rotatable bonds is 5. The molecule has 1 atom stereocenters. The quantitative estimate of drug-likeness (QED) is 0.725. The van der Waals surface area contributed by atoms with Crippen molar-refractivity contribution in [1.82, 2.24) is 9.97 Å². The lowest BCUT2D eigenvalue weighted by molar-refractivity contribution is 0.590. The van der Waals surface area contributed by atoms with Crippen molar-refractivity contribution < 1.29 is 8.42 Å². The molecule has 0 aliphatic heterocycles. The van der Waals surface area contributed by atoms with E-state index in [1.165, 1.54) is 6.07 Å². The molecule has 0 aliphatic rings. The number of nitriles is 1. The topological polar surface area (TPSA) is 95.7 Å². The summed E-state index contributed by atoms with van der Waals surface area (Å²) in [5.74, 6) is 0.315. The second-order valence-electron chi connectivity index (χ2n) is 6.28. The molecule has 1 heterocycles. The van der Waals surface area contributed by atoms with Crippen molar-refractivity contribution in [3.05, 3.63) is 59.3 Å². The first-order chi connectivity index (χ1) is 12.9. The number of benzene rings is 2. The van der Waals surface area contributed by atoms with E-state index >= 15 is 0 Å². The Morgan fingerprint density at radius 1 is 1.07 bits per heavy atom. The molecular weight excluding hydrogens is 360 g/mol. The van der Waals surface area contributed by atoms with Gasteiger partial charge in [-0.15, -0.1) is 0 Å². The van der Waals surface area contributed by atoms with Crippen LogP contribution in [-0.2, 0) is 9.84 Å². The van der Waals surface area contributed by atoms with E-state index in [2.05, 4.69) is 15.3 Å². The van der Waals surface area contributed by atoms with Gasteiger partial charge in [0.1, 0.15) is 5.69 Å². The number of sulfone groups is 1. The van der Waals surface area contributed by atoms with Crippen molar-refractivity contribution in [2.45, 2.75) is 30.9 Å². The van der Waals surface area contributed by atoms with E-state index in [9.17, 15) is 13.7 Å². The van der Waals surface area contributed by atoms with Crippen molar-refractivity contribution in [2.24, 2.45) is 0 Å². The molecule has 0 aliphatic carbocycles. The normalized spacial score (nSPS) is 12.5. The number of nitrogens with one attached hydrogen (secondary N) is 1. The maximum atomic E-state index is 13.2. The van der Waals surface area contributed by atoms with Gasteiger partial charge in [0.05, 0.1) is 22.0 Å². The van der Waals surface area contributed by atoms with Crippen molar-refractivity contribution in [3.63, 3.8) is 0 Å². The fraction of sp³-hybridized carbons (Fsp3) is 0.250. The molecule has 7 heteroatoms. The van der Waals surface area contributed by atoms with E-state index < -0.39 is 15.1 Å². The lowest BCUT2D eigenvalue weighted by atomic mass is 10.1. The summed E-state index contributed by atoms with van der Waals surface area (Å²) in [6.45, 7) is 6.16. The van der Waals surface area contributed by atoms with Gasteiger partial charge in [0.2, 0.25) is 9.84 Å². The first-order valence-electron chi connectivity index (χ1n) is 8.59. The van der Waals surface area contributed by atoms with Crippen molar-refractivity contribution in [3.8, 4) is 6.07 Å². The van der Waals surface area contributed by atoms with Crippen molar-refractivity contribution in [2.75, 3.05) is 11.9 Å². The second kappa shape index (κ2) is 7.33. The minimum Gasteiger partial charge on any atom is -0.369 e. The van der Waals surface area contributed by atoms with Gasteiger partial charge in [-0.2, -0.15) is 5.26 Å². The zero-order valence-corrected chi connectivity index (χ0v) is 16.2. The highest BCUT2D eigenvalue weighted by molar-refractivity contribution is 7.92. The molecule has 0 spiro atoms. The number of aryl methyl sites for hydroxylation is 2. The molecule has 1 N–H and O–H groups in total. The average Bonchev–Trinajstić information content (AvgIpc) is 2.64. The molecule has 0 fully saturated rings. The molecule has 2 aromatic carbocycles. The molecule has 3 rings (SSSR count). The highest BCUT2D eigenvalue weighted by Crippen LogP contribution is 2.32. The minimum absolute atomic E-state index is 0.106. The van der Waals surface area contributed by atoms with Crippen LogP contribution in [0, 0.1) is 25.2 Å². The molecule has 0 amide bonds.